The number of H-pyrrole nitrogens is 1. The van der Waals surface area contributed by atoms with Gasteiger partial charge in [0.05, 0.1) is 12.3 Å². The highest BCUT2D eigenvalue weighted by molar-refractivity contribution is 5.91. The van der Waals surface area contributed by atoms with Gasteiger partial charge < -0.3 is 14.1 Å². The minimum atomic E-state index is -0.0242. The van der Waals surface area contributed by atoms with Crippen molar-refractivity contribution in [3.8, 4) is 5.75 Å². The molecule has 0 aliphatic carbocycles. The van der Waals surface area contributed by atoms with E-state index in [1.165, 1.54) is 5.56 Å². The van der Waals surface area contributed by atoms with E-state index in [2.05, 4.69) is 29.3 Å². The molecule has 0 unspecified atom stereocenters. The van der Waals surface area contributed by atoms with Gasteiger partial charge in [0, 0.05) is 30.8 Å². The van der Waals surface area contributed by atoms with E-state index in [0.29, 0.717) is 24.7 Å². The van der Waals surface area contributed by atoms with Crippen molar-refractivity contribution in [1.29, 1.82) is 0 Å². The first kappa shape index (κ1) is 20.3. The second-order valence-electron chi connectivity index (χ2n) is 8.21. The van der Waals surface area contributed by atoms with Gasteiger partial charge in [-0.05, 0) is 63.8 Å². The minimum absolute atomic E-state index is 0.0242. The Kier molecular flexibility index (Phi) is 5.93. The van der Waals surface area contributed by atoms with Crippen molar-refractivity contribution in [3.05, 3.63) is 70.4 Å². The van der Waals surface area contributed by atoms with Crippen molar-refractivity contribution < 1.29 is 13.9 Å². The molecule has 3 heterocycles. The molecule has 1 atom stereocenters. The lowest BCUT2D eigenvalue weighted by atomic mass is 10.1. The van der Waals surface area contributed by atoms with Crippen LogP contribution < -0.4 is 4.74 Å². The predicted molar refractivity (Wildman–Crippen MR) is 115 cm³/mol. The van der Waals surface area contributed by atoms with Gasteiger partial charge in [0.15, 0.2) is 5.76 Å². The number of aromatic amines is 1. The molecule has 1 amide bonds. The van der Waals surface area contributed by atoms with Gasteiger partial charge >= 0.3 is 0 Å². The Hall–Kier alpha value is -3.02. The number of amides is 1. The summed E-state index contributed by atoms with van der Waals surface area (Å²) in [5.74, 6) is 2.54. The topological polar surface area (TPSA) is 71.4 Å². The molecule has 1 saturated heterocycles. The van der Waals surface area contributed by atoms with E-state index in [0.717, 1.165) is 54.4 Å². The zero-order valence-corrected chi connectivity index (χ0v) is 17.9. The van der Waals surface area contributed by atoms with Crippen LogP contribution in [0.5, 0.6) is 5.75 Å². The molecule has 0 bridgehead atoms. The van der Waals surface area contributed by atoms with Gasteiger partial charge in [-0.1, -0.05) is 17.7 Å². The molecule has 1 fully saturated rings. The van der Waals surface area contributed by atoms with Gasteiger partial charge in [-0.2, -0.15) is 5.10 Å². The maximum absolute atomic E-state index is 12.9. The summed E-state index contributed by atoms with van der Waals surface area (Å²) >= 11 is 0. The maximum atomic E-state index is 12.9. The molecule has 1 N–H and O–H groups in total. The van der Waals surface area contributed by atoms with E-state index in [4.69, 9.17) is 9.15 Å². The van der Waals surface area contributed by atoms with E-state index < -0.39 is 0 Å². The average Bonchev–Trinajstić information content (AvgIpc) is 3.47. The Morgan fingerprint density at radius 2 is 2.00 bits per heavy atom. The molecular formula is C24H29N3O3. The van der Waals surface area contributed by atoms with Gasteiger partial charge in [-0.25, -0.2) is 0 Å². The summed E-state index contributed by atoms with van der Waals surface area (Å²) < 4.78 is 11.7. The van der Waals surface area contributed by atoms with Crippen LogP contribution in [-0.4, -0.2) is 40.7 Å². The second kappa shape index (κ2) is 8.78. The number of benzene rings is 1. The quantitative estimate of drug-likeness (QED) is 0.628. The summed E-state index contributed by atoms with van der Waals surface area (Å²) in [5.41, 5.74) is 4.35. The third kappa shape index (κ3) is 4.58. The van der Waals surface area contributed by atoms with Crippen LogP contribution in [0.4, 0.5) is 0 Å². The average molecular weight is 408 g/mol. The number of aromatic nitrogens is 2. The summed E-state index contributed by atoms with van der Waals surface area (Å²) in [7, 11) is 0. The van der Waals surface area contributed by atoms with E-state index >= 15 is 0 Å². The molecule has 2 aromatic heterocycles. The van der Waals surface area contributed by atoms with Crippen LogP contribution >= 0.6 is 0 Å². The molecule has 30 heavy (non-hydrogen) atoms. The zero-order valence-electron chi connectivity index (χ0n) is 17.9. The van der Waals surface area contributed by atoms with Gasteiger partial charge in [0.25, 0.3) is 5.91 Å². The summed E-state index contributed by atoms with van der Waals surface area (Å²) in [5, 5.41) is 7.21. The number of hydrogen-bond donors (Lipinski definition) is 1. The number of hydrogen-bond acceptors (Lipinski definition) is 4. The highest BCUT2D eigenvalue weighted by Crippen LogP contribution is 2.24. The molecule has 3 aromatic rings. The molecule has 0 saturated carbocycles. The number of furan rings is 1. The first-order chi connectivity index (χ1) is 14.5. The number of ether oxygens (including phenoxy) is 1. The molecule has 1 aromatic carbocycles. The molecule has 0 radical (unpaired) electrons. The van der Waals surface area contributed by atoms with Crippen molar-refractivity contribution in [1.82, 2.24) is 15.1 Å². The van der Waals surface area contributed by atoms with Crippen LogP contribution in [0.2, 0.25) is 0 Å². The number of carbonyl (C=O) groups excluding carboxylic acids is 1. The zero-order chi connectivity index (χ0) is 21.1. The fourth-order valence-electron chi connectivity index (χ4n) is 3.98. The molecule has 158 valence electrons. The largest absolute Gasteiger partial charge is 0.494 e. The van der Waals surface area contributed by atoms with Crippen LogP contribution in [0.3, 0.4) is 0 Å². The fourth-order valence-corrected chi connectivity index (χ4v) is 3.98. The second-order valence-corrected chi connectivity index (χ2v) is 8.21. The summed E-state index contributed by atoms with van der Waals surface area (Å²) in [4.78, 5) is 14.7. The minimum Gasteiger partial charge on any atom is -0.494 e. The number of aryl methyl sites for hydroxylation is 3. The summed E-state index contributed by atoms with van der Waals surface area (Å²) in [6.45, 7) is 8.23. The van der Waals surface area contributed by atoms with Gasteiger partial charge in [0.2, 0.25) is 0 Å². The molecule has 4 rings (SSSR count). The molecule has 1 aliphatic rings. The Bertz CT molecular complexity index is 984. The Morgan fingerprint density at radius 3 is 2.73 bits per heavy atom. The predicted octanol–water partition coefficient (Wildman–Crippen LogP) is 4.45. The van der Waals surface area contributed by atoms with Crippen molar-refractivity contribution in [2.45, 2.75) is 40.0 Å². The lowest BCUT2D eigenvalue weighted by Gasteiger charge is -2.15. The maximum Gasteiger partial charge on any atom is 0.289 e. The van der Waals surface area contributed by atoms with E-state index in [-0.39, 0.29) is 5.91 Å². The van der Waals surface area contributed by atoms with E-state index in [1.54, 1.807) is 6.07 Å². The third-order valence-electron chi connectivity index (χ3n) is 5.89. The standard InChI is InChI=1S/C24H29N3O3/c1-16-4-6-20(7-5-16)29-13-11-19-10-12-27(15-19)24(28)23-9-8-21(30-23)14-22-17(2)25-26-18(22)3/h4-9,19H,10-15H2,1-3H3,(H,25,26)/t19-/m1/s1. The van der Waals surface area contributed by atoms with Crippen molar-refractivity contribution in [2.24, 2.45) is 5.92 Å². The summed E-state index contributed by atoms with van der Waals surface area (Å²) in [6.07, 6.45) is 2.59. The number of rotatable bonds is 7. The van der Waals surface area contributed by atoms with Crippen molar-refractivity contribution in [2.75, 3.05) is 19.7 Å². The van der Waals surface area contributed by atoms with Crippen LogP contribution in [0.25, 0.3) is 0 Å². The lowest BCUT2D eigenvalue weighted by molar-refractivity contribution is 0.0752. The monoisotopic (exact) mass is 407 g/mol. The van der Waals surface area contributed by atoms with Crippen molar-refractivity contribution in [3.63, 3.8) is 0 Å². The van der Waals surface area contributed by atoms with Gasteiger partial charge in [-0.3, -0.25) is 9.89 Å². The van der Waals surface area contributed by atoms with Crippen LogP contribution in [-0.2, 0) is 6.42 Å². The third-order valence-corrected chi connectivity index (χ3v) is 5.89. The number of nitrogens with zero attached hydrogens (tertiary/aromatic N) is 2. The van der Waals surface area contributed by atoms with Gasteiger partial charge in [-0.15, -0.1) is 0 Å². The lowest BCUT2D eigenvalue weighted by Crippen LogP contribution is -2.28. The Balaban J connectivity index is 1.27. The van der Waals surface area contributed by atoms with Crippen LogP contribution in [0.1, 0.15) is 51.7 Å². The number of carbonyl (C=O) groups is 1. The normalized spacial score (nSPS) is 16.2. The Labute approximate surface area is 177 Å². The number of likely N-dealkylation sites (tertiary alicyclic amines) is 1. The molecule has 6 heteroatoms. The highest BCUT2D eigenvalue weighted by Gasteiger charge is 2.28. The van der Waals surface area contributed by atoms with Crippen LogP contribution in [0.15, 0.2) is 40.8 Å². The van der Waals surface area contributed by atoms with Gasteiger partial charge in [0.1, 0.15) is 11.5 Å². The molecule has 1 aliphatic heterocycles. The van der Waals surface area contributed by atoms with Crippen LogP contribution in [0, 0.1) is 26.7 Å². The SMILES string of the molecule is Cc1ccc(OCC[C@H]2CCN(C(=O)c3ccc(Cc4c(C)n[nH]c4C)o3)C2)cc1. The molecule has 6 nitrogen and oxygen atoms in total. The van der Waals surface area contributed by atoms with E-state index in [9.17, 15) is 4.79 Å². The van der Waals surface area contributed by atoms with E-state index in [1.807, 2.05) is 36.9 Å². The highest BCUT2D eigenvalue weighted by atomic mass is 16.5. The number of nitrogens with one attached hydrogen (secondary N) is 1. The molecule has 0 spiro atoms. The molecular weight excluding hydrogens is 378 g/mol. The smallest absolute Gasteiger partial charge is 0.289 e. The first-order valence-corrected chi connectivity index (χ1v) is 10.6. The fraction of sp³-hybridized carbons (Fsp3) is 0.417. The summed E-state index contributed by atoms with van der Waals surface area (Å²) in [6, 6.07) is 11.8. The van der Waals surface area contributed by atoms with Crippen molar-refractivity contribution >= 4 is 5.91 Å². The first-order valence-electron chi connectivity index (χ1n) is 10.6. The Morgan fingerprint density at radius 1 is 1.20 bits per heavy atom.